The number of hydrogen-bond acceptors (Lipinski definition) is 4. The molecule has 3 rings (SSSR count). The van der Waals surface area contributed by atoms with E-state index >= 15 is 0 Å². The van der Waals surface area contributed by atoms with Crippen LogP contribution in [0.5, 0.6) is 0 Å². The van der Waals surface area contributed by atoms with Gasteiger partial charge in [0.2, 0.25) is 10.0 Å². The third kappa shape index (κ3) is 5.75. The first-order chi connectivity index (χ1) is 14.1. The van der Waals surface area contributed by atoms with Gasteiger partial charge in [0.25, 0.3) is 5.91 Å². The average molecular weight is 430 g/mol. The molecule has 0 bridgehead atoms. The number of benzene rings is 2. The zero-order valence-electron chi connectivity index (χ0n) is 18.1. The topological polar surface area (TPSA) is 78.5 Å². The molecule has 6 nitrogen and oxygen atoms in total. The maximum absolute atomic E-state index is 12.7. The Bertz CT molecular complexity index is 1000. The van der Waals surface area contributed by atoms with E-state index in [4.69, 9.17) is 0 Å². The molecule has 0 aromatic heterocycles. The summed E-state index contributed by atoms with van der Waals surface area (Å²) < 4.78 is 25.3. The number of anilines is 2. The highest BCUT2D eigenvalue weighted by Crippen LogP contribution is 2.25. The van der Waals surface area contributed by atoms with Gasteiger partial charge in [0.05, 0.1) is 18.0 Å². The molecule has 0 radical (unpaired) electrons. The molecular weight excluding hydrogens is 398 g/mol. The van der Waals surface area contributed by atoms with Gasteiger partial charge in [-0.15, -0.1) is 0 Å². The Balaban J connectivity index is 1.64. The van der Waals surface area contributed by atoms with E-state index in [9.17, 15) is 13.2 Å². The molecule has 0 saturated carbocycles. The van der Waals surface area contributed by atoms with Crippen molar-refractivity contribution in [1.82, 2.24) is 5.32 Å². The summed E-state index contributed by atoms with van der Waals surface area (Å²) >= 11 is 0. The molecule has 1 aliphatic heterocycles. The fraction of sp³-hybridized carbons (Fsp3) is 0.435. The van der Waals surface area contributed by atoms with Gasteiger partial charge in [0.15, 0.2) is 0 Å². The van der Waals surface area contributed by atoms with Crippen LogP contribution in [0.1, 0.15) is 54.2 Å². The fourth-order valence-electron chi connectivity index (χ4n) is 3.88. The van der Waals surface area contributed by atoms with E-state index in [2.05, 4.69) is 46.1 Å². The van der Waals surface area contributed by atoms with Gasteiger partial charge in [-0.3, -0.25) is 9.52 Å². The fourth-order valence-corrected chi connectivity index (χ4v) is 4.51. The van der Waals surface area contributed by atoms with Crippen LogP contribution in [-0.2, 0) is 10.0 Å². The Hall–Kier alpha value is -2.54. The number of carbonyl (C=O) groups excluding carboxylic acids is 1. The van der Waals surface area contributed by atoms with Crippen LogP contribution >= 0.6 is 0 Å². The third-order valence-corrected chi connectivity index (χ3v) is 6.14. The summed E-state index contributed by atoms with van der Waals surface area (Å²) in [6, 6.07) is 13.2. The number of sulfonamides is 1. The van der Waals surface area contributed by atoms with Gasteiger partial charge in [-0.25, -0.2) is 8.42 Å². The molecule has 30 heavy (non-hydrogen) atoms. The number of hydrogen-bond donors (Lipinski definition) is 2. The molecule has 1 aliphatic rings. The van der Waals surface area contributed by atoms with Crippen molar-refractivity contribution in [2.45, 2.75) is 39.7 Å². The average Bonchev–Trinajstić information content (AvgIpc) is 2.68. The molecule has 0 aliphatic carbocycles. The lowest BCUT2D eigenvalue weighted by molar-refractivity contribution is 0.0940. The third-order valence-electron chi connectivity index (χ3n) is 5.55. The van der Waals surface area contributed by atoms with Crippen LogP contribution in [0.15, 0.2) is 42.5 Å². The molecule has 0 unspecified atom stereocenters. The van der Waals surface area contributed by atoms with Gasteiger partial charge in [0, 0.05) is 24.3 Å². The number of rotatable bonds is 6. The summed E-state index contributed by atoms with van der Waals surface area (Å²) in [5.41, 5.74) is 3.94. The highest BCUT2D eigenvalue weighted by Gasteiger charge is 2.17. The van der Waals surface area contributed by atoms with Crippen LogP contribution in [0.25, 0.3) is 0 Å². The largest absolute Gasteiger partial charge is 0.371 e. The Morgan fingerprint density at radius 2 is 1.87 bits per heavy atom. The predicted molar refractivity (Wildman–Crippen MR) is 123 cm³/mol. The van der Waals surface area contributed by atoms with Gasteiger partial charge >= 0.3 is 0 Å². The highest BCUT2D eigenvalue weighted by atomic mass is 32.2. The molecule has 2 aromatic rings. The first-order valence-corrected chi connectivity index (χ1v) is 12.3. The quantitative estimate of drug-likeness (QED) is 0.725. The molecule has 0 spiro atoms. The first-order valence-electron chi connectivity index (χ1n) is 10.4. The molecule has 7 heteroatoms. The van der Waals surface area contributed by atoms with Crippen LogP contribution < -0.4 is 14.9 Å². The standard InChI is InChI=1S/C23H31N3O3S/c1-16-6-5-13-26(15-16)21-10-7-19(8-11-21)18(3)24-23(27)20-9-12-22(17(2)14-20)25-30(4,28)29/h7-12,14,16,18,25H,5-6,13,15H2,1-4H3,(H,24,27)/t16-,18-/m0/s1. The highest BCUT2D eigenvalue weighted by molar-refractivity contribution is 7.92. The predicted octanol–water partition coefficient (Wildman–Crippen LogP) is 4.09. The van der Waals surface area contributed by atoms with E-state index in [1.807, 2.05) is 6.92 Å². The summed E-state index contributed by atoms with van der Waals surface area (Å²) in [6.07, 6.45) is 3.63. The van der Waals surface area contributed by atoms with Crippen LogP contribution in [0.3, 0.4) is 0 Å². The van der Waals surface area contributed by atoms with Gasteiger partial charge in [-0.1, -0.05) is 19.1 Å². The second-order valence-electron chi connectivity index (χ2n) is 8.38. The second-order valence-corrected chi connectivity index (χ2v) is 10.1. The molecule has 1 saturated heterocycles. The van der Waals surface area contributed by atoms with Crippen LogP contribution in [-0.4, -0.2) is 33.7 Å². The maximum Gasteiger partial charge on any atom is 0.251 e. The molecular formula is C23H31N3O3S. The molecule has 2 atom stereocenters. The Morgan fingerprint density at radius 3 is 2.47 bits per heavy atom. The summed E-state index contributed by atoms with van der Waals surface area (Å²) in [4.78, 5) is 15.1. The first kappa shape index (κ1) is 22.2. The summed E-state index contributed by atoms with van der Waals surface area (Å²) in [5, 5.41) is 3.02. The van der Waals surface area contributed by atoms with Crippen molar-refractivity contribution in [3.05, 3.63) is 59.2 Å². The summed E-state index contributed by atoms with van der Waals surface area (Å²) in [5.74, 6) is 0.532. The number of aryl methyl sites for hydroxylation is 1. The van der Waals surface area contributed by atoms with Crippen LogP contribution in [0.2, 0.25) is 0 Å². The van der Waals surface area contributed by atoms with Gasteiger partial charge in [0.1, 0.15) is 0 Å². The van der Waals surface area contributed by atoms with Gasteiger partial charge in [-0.2, -0.15) is 0 Å². The minimum absolute atomic E-state index is 0.138. The molecule has 1 amide bonds. The minimum Gasteiger partial charge on any atom is -0.371 e. The van der Waals surface area contributed by atoms with Crippen molar-refractivity contribution in [1.29, 1.82) is 0 Å². The van der Waals surface area contributed by atoms with Crippen LogP contribution in [0.4, 0.5) is 11.4 Å². The Kier molecular flexibility index (Phi) is 6.71. The Morgan fingerprint density at radius 1 is 1.17 bits per heavy atom. The van der Waals surface area contributed by atoms with E-state index in [1.165, 1.54) is 18.5 Å². The summed E-state index contributed by atoms with van der Waals surface area (Å²) in [6.45, 7) is 8.22. The molecule has 2 N–H and O–H groups in total. The lowest BCUT2D eigenvalue weighted by atomic mass is 9.99. The van der Waals surface area contributed by atoms with Gasteiger partial charge < -0.3 is 10.2 Å². The monoisotopic (exact) mass is 429 g/mol. The maximum atomic E-state index is 12.7. The normalized spacial score (nSPS) is 18.0. The number of piperidine rings is 1. The lowest BCUT2D eigenvalue weighted by Gasteiger charge is -2.33. The van der Waals surface area contributed by atoms with Crippen molar-refractivity contribution in [3.8, 4) is 0 Å². The SMILES string of the molecule is Cc1cc(C(=O)N[C@@H](C)c2ccc(N3CCC[C@H](C)C3)cc2)ccc1NS(C)(=O)=O. The lowest BCUT2D eigenvalue weighted by Crippen LogP contribution is -2.34. The van der Waals surface area contributed by atoms with E-state index in [-0.39, 0.29) is 11.9 Å². The van der Waals surface area contributed by atoms with Crippen molar-refractivity contribution in [2.75, 3.05) is 29.0 Å². The zero-order valence-corrected chi connectivity index (χ0v) is 18.9. The van der Waals surface area contributed by atoms with Crippen molar-refractivity contribution < 1.29 is 13.2 Å². The number of amides is 1. The number of nitrogens with zero attached hydrogens (tertiary/aromatic N) is 1. The van der Waals surface area contributed by atoms with E-state index in [0.717, 1.165) is 30.8 Å². The van der Waals surface area contributed by atoms with Crippen molar-refractivity contribution in [2.24, 2.45) is 5.92 Å². The number of carbonyl (C=O) groups is 1. The van der Waals surface area contributed by atoms with Crippen molar-refractivity contribution in [3.63, 3.8) is 0 Å². The van der Waals surface area contributed by atoms with Gasteiger partial charge in [-0.05, 0) is 74.1 Å². The summed E-state index contributed by atoms with van der Waals surface area (Å²) in [7, 11) is -3.36. The number of nitrogens with one attached hydrogen (secondary N) is 2. The smallest absolute Gasteiger partial charge is 0.251 e. The Labute approximate surface area is 179 Å². The molecule has 2 aromatic carbocycles. The van der Waals surface area contributed by atoms with Crippen LogP contribution in [0, 0.1) is 12.8 Å². The van der Waals surface area contributed by atoms with E-state index in [0.29, 0.717) is 16.8 Å². The molecule has 162 valence electrons. The van der Waals surface area contributed by atoms with Crippen molar-refractivity contribution >= 4 is 27.3 Å². The van der Waals surface area contributed by atoms with E-state index < -0.39 is 10.0 Å². The molecule has 1 heterocycles. The second kappa shape index (κ2) is 9.08. The molecule has 1 fully saturated rings. The zero-order chi connectivity index (χ0) is 21.9. The minimum atomic E-state index is -3.36. The van der Waals surface area contributed by atoms with E-state index in [1.54, 1.807) is 25.1 Å².